The highest BCUT2D eigenvalue weighted by Crippen LogP contribution is 2.10. The van der Waals surface area contributed by atoms with Crippen molar-refractivity contribution in [3.05, 3.63) is 29.6 Å². The molecule has 6 nitrogen and oxygen atoms in total. The van der Waals surface area contributed by atoms with Crippen LogP contribution >= 0.6 is 0 Å². The van der Waals surface area contributed by atoms with E-state index in [1.807, 2.05) is 19.2 Å². The van der Waals surface area contributed by atoms with Gasteiger partial charge in [0, 0.05) is 31.5 Å². The number of hydrogen-bond acceptors (Lipinski definition) is 4. The molecule has 1 aromatic rings. The molecular weight excluding hydrogens is 288 g/mol. The number of guanidine groups is 1. The Morgan fingerprint density at radius 1 is 1.48 bits per heavy atom. The van der Waals surface area contributed by atoms with Gasteiger partial charge in [0.2, 0.25) is 0 Å². The normalized spacial score (nSPS) is 21.2. The average Bonchev–Trinajstić information content (AvgIpc) is 2.79. The standard InChI is InChI=1S/C14H22N4O2S/c1-11-3-4-12(9-17-11)5-7-16-14(15-2)18-13-6-8-21(19,20)10-13/h3-4,9,13H,5-8,10H2,1-2H3,(H2,15,16,18). The molecule has 2 N–H and O–H groups in total. The molecule has 0 bridgehead atoms. The molecule has 21 heavy (non-hydrogen) atoms. The van der Waals surface area contributed by atoms with Crippen molar-refractivity contribution in [3.63, 3.8) is 0 Å². The first-order valence-corrected chi connectivity index (χ1v) is 8.90. The smallest absolute Gasteiger partial charge is 0.191 e. The molecule has 0 saturated carbocycles. The maximum absolute atomic E-state index is 11.4. The third kappa shape index (κ3) is 5.00. The maximum Gasteiger partial charge on any atom is 0.191 e. The molecule has 0 aromatic carbocycles. The van der Waals surface area contributed by atoms with Crippen molar-refractivity contribution in [2.75, 3.05) is 25.1 Å². The molecule has 1 aromatic heterocycles. The Bertz CT molecular complexity index is 596. The maximum atomic E-state index is 11.4. The van der Waals surface area contributed by atoms with Gasteiger partial charge in [-0.25, -0.2) is 8.42 Å². The Kier molecular flexibility index (Phi) is 5.17. The third-order valence-electron chi connectivity index (χ3n) is 3.48. The van der Waals surface area contributed by atoms with Crippen LogP contribution in [-0.4, -0.2) is 50.5 Å². The number of hydrogen-bond donors (Lipinski definition) is 2. The summed E-state index contributed by atoms with van der Waals surface area (Å²) in [5.74, 6) is 1.10. The van der Waals surface area contributed by atoms with E-state index in [2.05, 4.69) is 26.7 Å². The summed E-state index contributed by atoms with van der Waals surface area (Å²) in [5.41, 5.74) is 2.17. The highest BCUT2D eigenvalue weighted by atomic mass is 32.2. The Labute approximate surface area is 126 Å². The monoisotopic (exact) mass is 310 g/mol. The molecule has 116 valence electrons. The SMILES string of the molecule is CN=C(NCCc1ccc(C)nc1)NC1CCS(=O)(=O)C1. The second-order valence-corrected chi connectivity index (χ2v) is 7.53. The lowest BCUT2D eigenvalue weighted by Gasteiger charge is -2.16. The fraction of sp³-hybridized carbons (Fsp3) is 0.571. The Morgan fingerprint density at radius 2 is 2.29 bits per heavy atom. The summed E-state index contributed by atoms with van der Waals surface area (Å²) in [6.45, 7) is 2.69. The van der Waals surface area contributed by atoms with Gasteiger partial charge in [-0.3, -0.25) is 9.98 Å². The molecule has 1 fully saturated rings. The number of aromatic nitrogens is 1. The Balaban J connectivity index is 1.77. The fourth-order valence-corrected chi connectivity index (χ4v) is 3.94. The molecule has 0 aliphatic carbocycles. The van der Waals surface area contributed by atoms with E-state index in [1.54, 1.807) is 7.05 Å². The molecule has 1 aliphatic heterocycles. The van der Waals surface area contributed by atoms with Crippen LogP contribution in [0.5, 0.6) is 0 Å². The lowest BCUT2D eigenvalue weighted by molar-refractivity contribution is 0.599. The summed E-state index contributed by atoms with van der Waals surface area (Å²) in [5, 5.41) is 6.36. The number of aliphatic imine (C=N–C) groups is 1. The lowest BCUT2D eigenvalue weighted by Crippen LogP contribution is -2.44. The summed E-state index contributed by atoms with van der Waals surface area (Å²) in [6.07, 6.45) is 3.36. The fourth-order valence-electron chi connectivity index (χ4n) is 2.27. The first kappa shape index (κ1) is 15.8. The Hall–Kier alpha value is -1.63. The van der Waals surface area contributed by atoms with Gasteiger partial charge in [-0.05, 0) is 31.4 Å². The number of sulfone groups is 1. The molecule has 1 saturated heterocycles. The van der Waals surface area contributed by atoms with Crippen LogP contribution in [-0.2, 0) is 16.3 Å². The van der Waals surface area contributed by atoms with E-state index in [0.29, 0.717) is 12.4 Å². The lowest BCUT2D eigenvalue weighted by atomic mass is 10.2. The molecule has 0 radical (unpaired) electrons. The van der Waals surface area contributed by atoms with Crippen molar-refractivity contribution in [1.29, 1.82) is 0 Å². The van der Waals surface area contributed by atoms with Crippen molar-refractivity contribution in [1.82, 2.24) is 15.6 Å². The van der Waals surface area contributed by atoms with E-state index in [0.717, 1.165) is 24.2 Å². The summed E-state index contributed by atoms with van der Waals surface area (Å²) in [6, 6.07) is 4.01. The van der Waals surface area contributed by atoms with E-state index in [9.17, 15) is 8.42 Å². The minimum Gasteiger partial charge on any atom is -0.356 e. The topological polar surface area (TPSA) is 83.4 Å². The zero-order valence-electron chi connectivity index (χ0n) is 12.5. The average molecular weight is 310 g/mol. The van der Waals surface area contributed by atoms with Gasteiger partial charge in [0.1, 0.15) is 0 Å². The highest BCUT2D eigenvalue weighted by Gasteiger charge is 2.28. The van der Waals surface area contributed by atoms with Gasteiger partial charge in [0.15, 0.2) is 15.8 Å². The molecule has 2 rings (SSSR count). The molecule has 2 heterocycles. The number of pyridine rings is 1. The quantitative estimate of drug-likeness (QED) is 0.617. The molecule has 1 atom stereocenters. The summed E-state index contributed by atoms with van der Waals surface area (Å²) < 4.78 is 22.9. The third-order valence-corrected chi connectivity index (χ3v) is 5.24. The number of rotatable bonds is 4. The number of nitrogens with one attached hydrogen (secondary N) is 2. The molecule has 0 spiro atoms. The van der Waals surface area contributed by atoms with Crippen molar-refractivity contribution in [2.45, 2.75) is 25.8 Å². The van der Waals surface area contributed by atoms with Crippen LogP contribution in [0.3, 0.4) is 0 Å². The molecular formula is C14H22N4O2S. The zero-order valence-corrected chi connectivity index (χ0v) is 13.3. The van der Waals surface area contributed by atoms with Crippen molar-refractivity contribution in [2.24, 2.45) is 4.99 Å². The van der Waals surface area contributed by atoms with Gasteiger partial charge >= 0.3 is 0 Å². The number of aryl methyl sites for hydroxylation is 1. The van der Waals surface area contributed by atoms with E-state index >= 15 is 0 Å². The molecule has 1 aliphatic rings. The van der Waals surface area contributed by atoms with E-state index in [1.165, 1.54) is 0 Å². The van der Waals surface area contributed by atoms with Gasteiger partial charge < -0.3 is 10.6 Å². The zero-order chi connectivity index (χ0) is 15.3. The highest BCUT2D eigenvalue weighted by molar-refractivity contribution is 7.91. The van der Waals surface area contributed by atoms with Crippen LogP contribution in [0, 0.1) is 6.92 Å². The van der Waals surface area contributed by atoms with Crippen molar-refractivity contribution >= 4 is 15.8 Å². The van der Waals surface area contributed by atoms with Crippen molar-refractivity contribution in [3.8, 4) is 0 Å². The molecule has 0 amide bonds. The van der Waals surface area contributed by atoms with Crippen molar-refractivity contribution < 1.29 is 8.42 Å². The molecule has 1 unspecified atom stereocenters. The first-order valence-electron chi connectivity index (χ1n) is 7.07. The van der Waals surface area contributed by atoms with E-state index in [-0.39, 0.29) is 17.5 Å². The van der Waals surface area contributed by atoms with E-state index in [4.69, 9.17) is 0 Å². The second-order valence-electron chi connectivity index (χ2n) is 5.30. The minimum atomic E-state index is -2.87. The summed E-state index contributed by atoms with van der Waals surface area (Å²) >= 11 is 0. The summed E-state index contributed by atoms with van der Waals surface area (Å²) in [4.78, 5) is 8.38. The van der Waals surface area contributed by atoms with Gasteiger partial charge in [-0.1, -0.05) is 6.07 Å². The van der Waals surface area contributed by atoms with Gasteiger partial charge in [0.05, 0.1) is 11.5 Å². The van der Waals surface area contributed by atoms with Crippen LogP contribution in [0.1, 0.15) is 17.7 Å². The van der Waals surface area contributed by atoms with Crippen LogP contribution in [0.15, 0.2) is 23.3 Å². The van der Waals surface area contributed by atoms with E-state index < -0.39 is 9.84 Å². The minimum absolute atomic E-state index is 0.0396. The predicted molar refractivity (Wildman–Crippen MR) is 84.2 cm³/mol. The van der Waals surface area contributed by atoms with Crippen LogP contribution in [0.4, 0.5) is 0 Å². The summed E-state index contributed by atoms with van der Waals surface area (Å²) in [7, 11) is -1.18. The first-order chi connectivity index (χ1) is 9.98. The largest absolute Gasteiger partial charge is 0.356 e. The predicted octanol–water partition coefficient (Wildman–Crippen LogP) is 0.285. The van der Waals surface area contributed by atoms with Crippen LogP contribution in [0.2, 0.25) is 0 Å². The van der Waals surface area contributed by atoms with Gasteiger partial charge in [-0.15, -0.1) is 0 Å². The van der Waals surface area contributed by atoms with Gasteiger partial charge in [0.25, 0.3) is 0 Å². The second kappa shape index (κ2) is 6.89. The van der Waals surface area contributed by atoms with Gasteiger partial charge in [-0.2, -0.15) is 0 Å². The number of nitrogens with zero attached hydrogens (tertiary/aromatic N) is 2. The van der Waals surface area contributed by atoms with Crippen LogP contribution in [0.25, 0.3) is 0 Å². The Morgan fingerprint density at radius 3 is 2.86 bits per heavy atom. The molecule has 7 heteroatoms. The van der Waals surface area contributed by atoms with Crippen LogP contribution < -0.4 is 10.6 Å².